The minimum absolute atomic E-state index is 0.121. The fourth-order valence-electron chi connectivity index (χ4n) is 3.59. The zero-order valence-electron chi connectivity index (χ0n) is 21.6. The van der Waals surface area contributed by atoms with Gasteiger partial charge >= 0.3 is 6.09 Å². The number of alkyl carbamates (subject to hydrolysis) is 1. The van der Waals surface area contributed by atoms with Gasteiger partial charge in [-0.15, -0.1) is 0 Å². The molecular weight excluding hydrogens is 446 g/mol. The first-order valence-corrected chi connectivity index (χ1v) is 11.7. The van der Waals surface area contributed by atoms with E-state index in [1.807, 2.05) is 32.0 Å². The number of nitrogens with zero attached hydrogens (tertiary/aromatic N) is 1. The van der Waals surface area contributed by atoms with Crippen molar-refractivity contribution in [2.75, 3.05) is 19.5 Å². The SMILES string of the molecule is COc1ccc(NC(=O)C(c2ccccc2)N(C)C(=O)C(CC(C)C)NC(=O)OC(C)(C)C)cc1. The molecule has 0 aliphatic carbocycles. The van der Waals surface area contributed by atoms with Gasteiger partial charge in [0.1, 0.15) is 23.4 Å². The smallest absolute Gasteiger partial charge is 0.408 e. The summed E-state index contributed by atoms with van der Waals surface area (Å²) in [5, 5.41) is 5.57. The molecule has 2 aromatic rings. The van der Waals surface area contributed by atoms with E-state index in [1.54, 1.807) is 71.3 Å². The van der Waals surface area contributed by atoms with Crippen LogP contribution in [0.5, 0.6) is 5.75 Å². The maximum absolute atomic E-state index is 13.6. The quantitative estimate of drug-likeness (QED) is 0.535. The number of ether oxygens (including phenoxy) is 2. The molecule has 8 heteroatoms. The van der Waals surface area contributed by atoms with Crippen LogP contribution in [0.3, 0.4) is 0 Å². The number of rotatable bonds is 9. The third kappa shape index (κ3) is 8.63. The monoisotopic (exact) mass is 483 g/mol. The van der Waals surface area contributed by atoms with Crippen molar-refractivity contribution < 1.29 is 23.9 Å². The van der Waals surface area contributed by atoms with E-state index >= 15 is 0 Å². The fraction of sp³-hybridized carbons (Fsp3) is 0.444. The van der Waals surface area contributed by atoms with Gasteiger partial charge in [0.25, 0.3) is 5.91 Å². The van der Waals surface area contributed by atoms with Gasteiger partial charge in [-0.05, 0) is 62.9 Å². The molecule has 0 aliphatic heterocycles. The molecule has 3 amide bonds. The maximum atomic E-state index is 13.6. The van der Waals surface area contributed by atoms with Crippen LogP contribution in [0.15, 0.2) is 54.6 Å². The van der Waals surface area contributed by atoms with Gasteiger partial charge in [0.2, 0.25) is 5.91 Å². The highest BCUT2D eigenvalue weighted by atomic mass is 16.6. The number of likely N-dealkylation sites (N-methyl/N-ethyl adjacent to an activating group) is 1. The Hall–Kier alpha value is -3.55. The molecule has 2 atom stereocenters. The third-order valence-electron chi connectivity index (χ3n) is 5.15. The highest BCUT2D eigenvalue weighted by Crippen LogP contribution is 2.24. The number of benzene rings is 2. The summed E-state index contributed by atoms with van der Waals surface area (Å²) in [4.78, 5) is 40.8. The molecule has 0 bridgehead atoms. The average molecular weight is 484 g/mol. The van der Waals surface area contributed by atoms with Crippen LogP contribution in [-0.2, 0) is 14.3 Å². The van der Waals surface area contributed by atoms with Gasteiger partial charge < -0.3 is 25.0 Å². The van der Waals surface area contributed by atoms with E-state index in [9.17, 15) is 14.4 Å². The van der Waals surface area contributed by atoms with Gasteiger partial charge in [-0.3, -0.25) is 9.59 Å². The second-order valence-corrected chi connectivity index (χ2v) is 9.81. The normalized spacial score (nSPS) is 12.9. The molecule has 190 valence electrons. The topological polar surface area (TPSA) is 97.0 Å². The summed E-state index contributed by atoms with van der Waals surface area (Å²) in [5.74, 6) is 0.0244. The third-order valence-corrected chi connectivity index (χ3v) is 5.15. The zero-order valence-corrected chi connectivity index (χ0v) is 21.6. The van der Waals surface area contributed by atoms with Crippen molar-refractivity contribution in [1.82, 2.24) is 10.2 Å². The molecule has 2 aromatic carbocycles. The van der Waals surface area contributed by atoms with Crippen molar-refractivity contribution in [1.29, 1.82) is 0 Å². The molecule has 2 rings (SSSR count). The van der Waals surface area contributed by atoms with Crippen LogP contribution in [0.25, 0.3) is 0 Å². The Morgan fingerprint density at radius 2 is 1.57 bits per heavy atom. The number of carbonyl (C=O) groups excluding carboxylic acids is 3. The largest absolute Gasteiger partial charge is 0.497 e. The van der Waals surface area contributed by atoms with Crippen molar-refractivity contribution >= 4 is 23.6 Å². The van der Waals surface area contributed by atoms with Crippen LogP contribution < -0.4 is 15.4 Å². The lowest BCUT2D eigenvalue weighted by Crippen LogP contribution is -2.51. The summed E-state index contributed by atoms with van der Waals surface area (Å²) in [5.41, 5.74) is 0.518. The van der Waals surface area contributed by atoms with Crippen LogP contribution in [0.4, 0.5) is 10.5 Å². The molecule has 0 radical (unpaired) electrons. The van der Waals surface area contributed by atoms with Crippen LogP contribution >= 0.6 is 0 Å². The Morgan fingerprint density at radius 3 is 2.09 bits per heavy atom. The summed E-state index contributed by atoms with van der Waals surface area (Å²) in [6.45, 7) is 9.19. The molecule has 35 heavy (non-hydrogen) atoms. The van der Waals surface area contributed by atoms with Crippen molar-refractivity contribution in [2.45, 2.75) is 58.7 Å². The second-order valence-electron chi connectivity index (χ2n) is 9.81. The van der Waals surface area contributed by atoms with Crippen LogP contribution in [0.2, 0.25) is 0 Å². The van der Waals surface area contributed by atoms with E-state index in [0.29, 0.717) is 23.4 Å². The molecule has 0 heterocycles. The molecule has 0 fully saturated rings. The highest BCUT2D eigenvalue weighted by Gasteiger charge is 2.34. The van der Waals surface area contributed by atoms with Crippen molar-refractivity contribution in [3.63, 3.8) is 0 Å². The summed E-state index contributed by atoms with van der Waals surface area (Å²) >= 11 is 0. The number of amides is 3. The van der Waals surface area contributed by atoms with Gasteiger partial charge in [0, 0.05) is 12.7 Å². The van der Waals surface area contributed by atoms with E-state index in [4.69, 9.17) is 9.47 Å². The predicted octanol–water partition coefficient (Wildman–Crippen LogP) is 4.77. The second kappa shape index (κ2) is 12.2. The molecular formula is C27H37N3O5. The molecule has 0 saturated carbocycles. The number of carbonyl (C=O) groups is 3. The number of anilines is 1. The first-order chi connectivity index (χ1) is 16.4. The summed E-state index contributed by atoms with van der Waals surface area (Å²) in [6, 6.07) is 14.2. The first kappa shape index (κ1) is 27.7. The number of hydrogen-bond donors (Lipinski definition) is 2. The maximum Gasteiger partial charge on any atom is 0.408 e. The van der Waals surface area contributed by atoms with Crippen molar-refractivity contribution in [3.8, 4) is 5.75 Å². The molecule has 2 N–H and O–H groups in total. The van der Waals surface area contributed by atoms with E-state index in [0.717, 1.165) is 0 Å². The number of nitrogens with one attached hydrogen (secondary N) is 2. The van der Waals surface area contributed by atoms with Crippen molar-refractivity contribution in [2.24, 2.45) is 5.92 Å². The van der Waals surface area contributed by atoms with Gasteiger partial charge in [-0.25, -0.2) is 4.79 Å². The molecule has 0 aliphatic rings. The Morgan fingerprint density at radius 1 is 0.971 bits per heavy atom. The van der Waals surface area contributed by atoms with Crippen LogP contribution in [-0.4, -0.2) is 48.6 Å². The number of methoxy groups -OCH3 is 1. The van der Waals surface area contributed by atoms with Crippen molar-refractivity contribution in [3.05, 3.63) is 60.2 Å². The fourth-order valence-corrected chi connectivity index (χ4v) is 3.59. The highest BCUT2D eigenvalue weighted by molar-refractivity contribution is 5.98. The predicted molar refractivity (Wildman–Crippen MR) is 136 cm³/mol. The summed E-state index contributed by atoms with van der Waals surface area (Å²) in [6.07, 6.45) is -0.284. The summed E-state index contributed by atoms with van der Waals surface area (Å²) in [7, 11) is 3.14. The molecule has 0 aromatic heterocycles. The molecule has 0 spiro atoms. The van der Waals surface area contributed by atoms with E-state index < -0.39 is 23.8 Å². The number of hydrogen-bond acceptors (Lipinski definition) is 5. The molecule has 8 nitrogen and oxygen atoms in total. The minimum Gasteiger partial charge on any atom is -0.497 e. The van der Waals surface area contributed by atoms with E-state index in [-0.39, 0.29) is 17.7 Å². The van der Waals surface area contributed by atoms with Crippen LogP contribution in [0.1, 0.15) is 52.6 Å². The van der Waals surface area contributed by atoms with Gasteiger partial charge in [0.15, 0.2) is 0 Å². The van der Waals surface area contributed by atoms with Gasteiger partial charge in [0.05, 0.1) is 7.11 Å². The first-order valence-electron chi connectivity index (χ1n) is 11.7. The lowest BCUT2D eigenvalue weighted by Gasteiger charge is -2.32. The Kier molecular flexibility index (Phi) is 9.68. The molecule has 2 unspecified atom stereocenters. The Bertz CT molecular complexity index is 984. The van der Waals surface area contributed by atoms with E-state index in [2.05, 4.69) is 10.6 Å². The lowest BCUT2D eigenvalue weighted by molar-refractivity contribution is -0.139. The Balaban J connectivity index is 2.31. The van der Waals surface area contributed by atoms with Gasteiger partial charge in [-0.2, -0.15) is 0 Å². The van der Waals surface area contributed by atoms with Gasteiger partial charge in [-0.1, -0.05) is 44.2 Å². The standard InChI is InChI=1S/C27H37N3O5/c1-18(2)17-22(29-26(33)35-27(3,4)5)25(32)30(6)23(19-11-9-8-10-12-19)24(31)28-20-13-15-21(34-7)16-14-20/h8-16,18,22-23H,17H2,1-7H3,(H,28,31)(H,29,33). The lowest BCUT2D eigenvalue weighted by atomic mass is 10.00. The van der Waals surface area contributed by atoms with Crippen LogP contribution in [0, 0.1) is 5.92 Å². The average Bonchev–Trinajstić information content (AvgIpc) is 2.78. The summed E-state index contributed by atoms with van der Waals surface area (Å²) < 4.78 is 10.5. The minimum atomic E-state index is -0.916. The zero-order chi connectivity index (χ0) is 26.2. The van der Waals surface area contributed by atoms with E-state index in [1.165, 1.54) is 4.90 Å². The molecule has 0 saturated heterocycles. The Labute approximate surface area is 208 Å².